The molecule has 0 aliphatic rings. The number of carboxylic acids is 1. The largest absolute Gasteiger partial charge is 0.480 e. The van der Waals surface area contributed by atoms with Crippen molar-refractivity contribution in [2.24, 2.45) is 5.73 Å². The number of rotatable bonds is 48. The van der Waals surface area contributed by atoms with Crippen molar-refractivity contribution in [1.82, 2.24) is 0 Å². The van der Waals surface area contributed by atoms with Gasteiger partial charge in [0, 0.05) is 12.8 Å². The van der Waals surface area contributed by atoms with Gasteiger partial charge in [0.15, 0.2) is 6.10 Å². The standard InChI is InChI=1S/C50H94NO10P/c1-3-5-7-9-11-13-15-17-19-21-22-23-24-26-27-29-31-33-35-37-39-41-48(52)58-43-46(44-59-62(56,57)60-45-47(51)50(54)55)61-49(53)42-40-38-36-34-32-30-28-25-20-18-16-14-12-10-8-6-4-2/h12,14,18,20,46-47H,3-11,13,15-17,19,21-45,51H2,1-2H3,(H,54,55)(H,56,57)/b14-12-,20-18-/t46-,47+/m1/s1. The number of nitrogens with two attached hydrogens (primary N) is 1. The van der Waals surface area contributed by atoms with Crippen LogP contribution >= 0.6 is 7.82 Å². The third-order valence-corrected chi connectivity index (χ3v) is 12.2. The van der Waals surface area contributed by atoms with Crippen LogP contribution in [0.1, 0.15) is 245 Å². The Bertz CT molecular complexity index is 1150. The maximum atomic E-state index is 12.7. The number of carbonyl (C=O) groups excluding carboxylic acids is 2. The van der Waals surface area contributed by atoms with Crippen molar-refractivity contribution in [2.75, 3.05) is 19.8 Å². The zero-order valence-corrected chi connectivity index (χ0v) is 40.6. The number of hydrogen-bond acceptors (Lipinski definition) is 9. The number of esters is 2. The van der Waals surface area contributed by atoms with Gasteiger partial charge < -0.3 is 25.2 Å². The summed E-state index contributed by atoms with van der Waals surface area (Å²) in [7, 11) is -4.72. The lowest BCUT2D eigenvalue weighted by molar-refractivity contribution is -0.161. The molecule has 0 bridgehead atoms. The number of carboxylic acid groups (broad SMARTS) is 1. The molecule has 0 aromatic carbocycles. The number of carbonyl (C=O) groups is 3. The number of phosphoric ester groups is 1. The number of ether oxygens (including phenoxy) is 2. The molecule has 62 heavy (non-hydrogen) atoms. The molecule has 3 atom stereocenters. The maximum absolute atomic E-state index is 12.7. The molecule has 0 aromatic heterocycles. The number of allylic oxidation sites excluding steroid dienone is 4. The first-order valence-corrected chi connectivity index (χ1v) is 26.9. The summed E-state index contributed by atoms with van der Waals surface area (Å²) >= 11 is 0. The van der Waals surface area contributed by atoms with Crippen LogP contribution in [0.2, 0.25) is 0 Å². The molecule has 0 saturated heterocycles. The summed E-state index contributed by atoms with van der Waals surface area (Å²) in [5.74, 6) is -2.37. The van der Waals surface area contributed by atoms with Gasteiger partial charge in [0.05, 0.1) is 13.2 Å². The molecule has 12 heteroatoms. The highest BCUT2D eigenvalue weighted by Crippen LogP contribution is 2.43. The lowest BCUT2D eigenvalue weighted by Crippen LogP contribution is -2.34. The topological polar surface area (TPSA) is 172 Å². The zero-order chi connectivity index (χ0) is 45.6. The molecule has 4 N–H and O–H groups in total. The third-order valence-electron chi connectivity index (χ3n) is 11.2. The van der Waals surface area contributed by atoms with Gasteiger partial charge >= 0.3 is 25.7 Å². The second-order valence-corrected chi connectivity index (χ2v) is 18.8. The molecule has 0 radical (unpaired) electrons. The highest BCUT2D eigenvalue weighted by atomic mass is 31.2. The fraction of sp³-hybridized carbons (Fsp3) is 0.860. The fourth-order valence-electron chi connectivity index (χ4n) is 7.22. The number of unbranched alkanes of at least 4 members (excludes halogenated alkanes) is 30. The van der Waals surface area contributed by atoms with E-state index >= 15 is 0 Å². The van der Waals surface area contributed by atoms with E-state index < -0.39 is 51.1 Å². The monoisotopic (exact) mass is 900 g/mol. The lowest BCUT2D eigenvalue weighted by Gasteiger charge is -2.20. The SMILES string of the molecule is CCCCC/C=C\C/C=C\CCCCCCCCCC(=O)O[C@H](COC(=O)CCCCCCCCCCCCCCCCCCCCCCC)COP(=O)(O)OC[C@H](N)C(=O)O. The van der Waals surface area contributed by atoms with Crippen LogP contribution in [0.25, 0.3) is 0 Å². The van der Waals surface area contributed by atoms with Crippen LogP contribution < -0.4 is 5.73 Å². The van der Waals surface area contributed by atoms with Gasteiger partial charge in [-0.3, -0.25) is 23.4 Å². The van der Waals surface area contributed by atoms with Crippen LogP contribution in [0.5, 0.6) is 0 Å². The minimum Gasteiger partial charge on any atom is -0.480 e. The van der Waals surface area contributed by atoms with E-state index in [4.69, 9.17) is 24.8 Å². The maximum Gasteiger partial charge on any atom is 0.472 e. The molecule has 364 valence electrons. The fourth-order valence-corrected chi connectivity index (χ4v) is 7.99. The van der Waals surface area contributed by atoms with Gasteiger partial charge in [-0.05, 0) is 44.9 Å². The van der Waals surface area contributed by atoms with Gasteiger partial charge in [-0.1, -0.05) is 212 Å². The second-order valence-electron chi connectivity index (χ2n) is 17.3. The van der Waals surface area contributed by atoms with Crippen molar-refractivity contribution in [2.45, 2.75) is 257 Å². The molecule has 0 rings (SSSR count). The molecule has 1 unspecified atom stereocenters. The van der Waals surface area contributed by atoms with Crippen molar-refractivity contribution >= 4 is 25.7 Å². The summed E-state index contributed by atoms with van der Waals surface area (Å²) in [5, 5.41) is 8.92. The van der Waals surface area contributed by atoms with Crippen LogP contribution in [0.3, 0.4) is 0 Å². The summed E-state index contributed by atoms with van der Waals surface area (Å²) in [6.07, 6.45) is 49.5. The highest BCUT2D eigenvalue weighted by Gasteiger charge is 2.28. The van der Waals surface area contributed by atoms with Gasteiger partial charge in [0.25, 0.3) is 0 Å². The molecule has 0 amide bonds. The smallest absolute Gasteiger partial charge is 0.472 e. The summed E-state index contributed by atoms with van der Waals surface area (Å²) in [6.45, 7) is 2.82. The average Bonchev–Trinajstić information content (AvgIpc) is 3.25. The Morgan fingerprint density at radius 1 is 0.500 bits per heavy atom. The molecule has 0 aliphatic carbocycles. The zero-order valence-electron chi connectivity index (χ0n) is 39.7. The van der Waals surface area contributed by atoms with E-state index in [1.165, 1.54) is 148 Å². The third kappa shape index (κ3) is 44.6. The quantitative estimate of drug-likeness (QED) is 0.0230. The lowest BCUT2D eigenvalue weighted by atomic mass is 10.0. The van der Waals surface area contributed by atoms with Crippen LogP contribution in [0.15, 0.2) is 24.3 Å². The van der Waals surface area contributed by atoms with Crippen molar-refractivity contribution in [1.29, 1.82) is 0 Å². The molecule has 0 aromatic rings. The molecule has 0 heterocycles. The number of aliphatic carboxylic acids is 1. The minimum absolute atomic E-state index is 0.155. The predicted molar refractivity (Wildman–Crippen MR) is 254 cm³/mol. The van der Waals surface area contributed by atoms with Gasteiger partial charge in [-0.25, -0.2) is 4.57 Å². The van der Waals surface area contributed by atoms with Crippen molar-refractivity contribution < 1.29 is 47.5 Å². The van der Waals surface area contributed by atoms with Crippen molar-refractivity contribution in [3.05, 3.63) is 24.3 Å². The predicted octanol–water partition coefficient (Wildman–Crippen LogP) is 14.2. The average molecular weight is 900 g/mol. The van der Waals surface area contributed by atoms with Crippen LogP contribution in [0.4, 0.5) is 0 Å². The first kappa shape index (κ1) is 60.0. The van der Waals surface area contributed by atoms with E-state index in [0.717, 1.165) is 57.8 Å². The molecule has 11 nitrogen and oxygen atoms in total. The summed E-state index contributed by atoms with van der Waals surface area (Å²) in [5.41, 5.74) is 5.35. The summed E-state index contributed by atoms with van der Waals surface area (Å²) in [6, 6.07) is -1.52. The van der Waals surface area contributed by atoms with E-state index in [-0.39, 0.29) is 19.4 Å². The van der Waals surface area contributed by atoms with E-state index in [1.807, 2.05) is 0 Å². The Morgan fingerprint density at radius 2 is 0.855 bits per heavy atom. The van der Waals surface area contributed by atoms with Crippen LogP contribution in [-0.4, -0.2) is 59.9 Å². The van der Waals surface area contributed by atoms with E-state index in [1.54, 1.807) is 0 Å². The van der Waals surface area contributed by atoms with Gasteiger partial charge in [0.2, 0.25) is 0 Å². The normalized spacial score (nSPS) is 13.7. The van der Waals surface area contributed by atoms with Crippen LogP contribution in [0, 0.1) is 0 Å². The molecular weight excluding hydrogens is 806 g/mol. The summed E-state index contributed by atoms with van der Waals surface area (Å²) < 4.78 is 32.8. The molecule has 0 spiro atoms. The van der Waals surface area contributed by atoms with Gasteiger partial charge in [0.1, 0.15) is 12.6 Å². The first-order chi connectivity index (χ1) is 30.1. The molecular formula is C50H94NO10P. The van der Waals surface area contributed by atoms with E-state index in [9.17, 15) is 23.8 Å². The Kier molecular flexibility index (Phi) is 44.0. The Labute approximate surface area is 379 Å². The first-order valence-electron chi connectivity index (χ1n) is 25.4. The number of phosphoric acid groups is 1. The van der Waals surface area contributed by atoms with E-state index in [2.05, 4.69) is 42.7 Å². The highest BCUT2D eigenvalue weighted by molar-refractivity contribution is 7.47. The molecule has 0 aliphatic heterocycles. The molecule has 0 saturated carbocycles. The van der Waals surface area contributed by atoms with Gasteiger partial charge in [-0.2, -0.15) is 0 Å². The Morgan fingerprint density at radius 3 is 1.29 bits per heavy atom. The molecule has 0 fully saturated rings. The van der Waals surface area contributed by atoms with Crippen molar-refractivity contribution in [3.63, 3.8) is 0 Å². The van der Waals surface area contributed by atoms with Gasteiger partial charge in [-0.15, -0.1) is 0 Å². The summed E-state index contributed by atoms with van der Waals surface area (Å²) in [4.78, 5) is 46.1. The number of hydrogen-bond donors (Lipinski definition) is 3. The Balaban J connectivity index is 4.22. The second kappa shape index (κ2) is 45.5. The van der Waals surface area contributed by atoms with Crippen molar-refractivity contribution in [3.8, 4) is 0 Å². The van der Waals surface area contributed by atoms with Crippen LogP contribution in [-0.2, 0) is 37.5 Å². The minimum atomic E-state index is -4.72. The Hall–Kier alpha value is -2.04. The van der Waals surface area contributed by atoms with E-state index in [0.29, 0.717) is 12.8 Å².